The fraction of sp³-hybridized carbons (Fsp3) is 0.412. The smallest absolute Gasteiger partial charge is 0.230 e. The van der Waals surface area contributed by atoms with Gasteiger partial charge in [-0.3, -0.25) is 14.6 Å². The van der Waals surface area contributed by atoms with E-state index in [1.165, 1.54) is 17.0 Å². The van der Waals surface area contributed by atoms with Crippen molar-refractivity contribution in [1.82, 2.24) is 10.2 Å². The minimum atomic E-state index is -0.681. The van der Waals surface area contributed by atoms with E-state index in [2.05, 4.69) is 26.2 Å². The highest BCUT2D eigenvalue weighted by atomic mass is 79.9. The van der Waals surface area contributed by atoms with Crippen molar-refractivity contribution in [3.8, 4) is 6.07 Å². The maximum atomic E-state index is 14.1. The summed E-state index contributed by atoms with van der Waals surface area (Å²) >= 11 is 3.18. The van der Waals surface area contributed by atoms with Crippen LogP contribution in [0, 0.1) is 29.0 Å². The molecule has 1 aromatic carbocycles. The molecule has 1 N–H and O–H groups in total. The molecule has 0 saturated carbocycles. The summed E-state index contributed by atoms with van der Waals surface area (Å²) in [5.74, 6) is -2.34. The van der Waals surface area contributed by atoms with Crippen molar-refractivity contribution >= 4 is 39.1 Å². The molecule has 0 spiro atoms. The lowest BCUT2D eigenvalue weighted by Crippen LogP contribution is -2.53. The number of piperidine rings is 1. The number of nitriles is 1. The zero-order valence-electron chi connectivity index (χ0n) is 13.9. The molecule has 0 aliphatic carbocycles. The molecule has 25 heavy (non-hydrogen) atoms. The van der Waals surface area contributed by atoms with Gasteiger partial charge in [-0.15, -0.1) is 0 Å². The molecule has 8 heteroatoms. The molecule has 0 aromatic heterocycles. The van der Waals surface area contributed by atoms with Gasteiger partial charge in [0.1, 0.15) is 5.82 Å². The monoisotopic (exact) mass is 408 g/mol. The molecule has 2 amide bonds. The Morgan fingerprint density at radius 2 is 2.28 bits per heavy atom. The van der Waals surface area contributed by atoms with Crippen LogP contribution in [0.2, 0.25) is 0 Å². The average Bonchev–Trinajstić information content (AvgIpc) is 2.57. The highest BCUT2D eigenvalue weighted by Crippen LogP contribution is 2.27. The Labute approximate surface area is 153 Å². The molecule has 1 aliphatic rings. The summed E-state index contributed by atoms with van der Waals surface area (Å²) in [6, 6.07) is 6.37. The lowest BCUT2D eigenvalue weighted by atomic mass is 9.86. The number of halogens is 2. The van der Waals surface area contributed by atoms with Crippen LogP contribution in [0.25, 0.3) is 0 Å². The minimum Gasteiger partial charge on any atom is -0.354 e. The van der Waals surface area contributed by atoms with Crippen molar-refractivity contribution in [2.24, 2.45) is 16.8 Å². The predicted octanol–water partition coefficient (Wildman–Crippen LogP) is 2.41. The molecule has 1 saturated heterocycles. The first-order chi connectivity index (χ1) is 11.8. The number of amides is 2. The highest BCUT2D eigenvalue weighted by Gasteiger charge is 2.39. The summed E-state index contributed by atoms with van der Waals surface area (Å²) in [6.45, 7) is 2.04. The maximum absolute atomic E-state index is 14.1. The van der Waals surface area contributed by atoms with Crippen LogP contribution in [-0.2, 0) is 9.59 Å². The predicted molar refractivity (Wildman–Crippen MR) is 94.7 cm³/mol. The molecule has 1 heterocycles. The van der Waals surface area contributed by atoms with Gasteiger partial charge in [-0.1, -0.05) is 15.9 Å². The summed E-state index contributed by atoms with van der Waals surface area (Å²) in [4.78, 5) is 30.5. The Morgan fingerprint density at radius 3 is 2.92 bits per heavy atom. The molecule has 2 atom stereocenters. The van der Waals surface area contributed by atoms with Gasteiger partial charge in [-0.05, 0) is 25.1 Å². The first kappa shape index (κ1) is 19.1. The van der Waals surface area contributed by atoms with Crippen molar-refractivity contribution in [3.63, 3.8) is 0 Å². The summed E-state index contributed by atoms with van der Waals surface area (Å²) in [5.41, 5.74) is 0.413. The third-order valence-corrected chi connectivity index (χ3v) is 4.51. The highest BCUT2D eigenvalue weighted by molar-refractivity contribution is 9.10. The summed E-state index contributed by atoms with van der Waals surface area (Å²) in [6.07, 6.45) is 0.191. The number of benzene rings is 1. The second kappa shape index (κ2) is 8.21. The standard InChI is InChI=1S/C17H18BrFN4O2/c1-10-15(22-14-5-4-11(18)8-13(14)19)12(9-23(2)17(10)25)16(24)21-7-3-6-20/h4-5,8,10,12H,3,7,9H2,1-2H3,(H,21,24). The second-order valence-electron chi connectivity index (χ2n) is 5.82. The van der Waals surface area contributed by atoms with Crippen molar-refractivity contribution in [2.45, 2.75) is 13.3 Å². The van der Waals surface area contributed by atoms with Crippen LogP contribution in [0.3, 0.4) is 0 Å². The number of likely N-dealkylation sites (tertiary alicyclic amines) is 1. The van der Waals surface area contributed by atoms with E-state index in [0.717, 1.165) is 0 Å². The van der Waals surface area contributed by atoms with Gasteiger partial charge in [0.15, 0.2) is 0 Å². The third-order valence-electron chi connectivity index (χ3n) is 4.02. The average molecular weight is 409 g/mol. The molecule has 6 nitrogen and oxygen atoms in total. The topological polar surface area (TPSA) is 85.6 Å². The van der Waals surface area contributed by atoms with Crippen molar-refractivity contribution in [1.29, 1.82) is 5.26 Å². The molecule has 1 aromatic rings. The lowest BCUT2D eigenvalue weighted by Gasteiger charge is -2.34. The quantitative estimate of drug-likeness (QED) is 0.776. The van der Waals surface area contributed by atoms with E-state index < -0.39 is 17.7 Å². The van der Waals surface area contributed by atoms with Gasteiger partial charge >= 0.3 is 0 Å². The first-order valence-corrected chi connectivity index (χ1v) is 8.57. The number of hydrogen-bond acceptors (Lipinski definition) is 4. The molecule has 0 bridgehead atoms. The number of nitrogens with zero attached hydrogens (tertiary/aromatic N) is 3. The van der Waals surface area contributed by atoms with Crippen LogP contribution in [0.4, 0.5) is 10.1 Å². The van der Waals surface area contributed by atoms with E-state index in [0.29, 0.717) is 10.2 Å². The molecule has 1 fully saturated rings. The van der Waals surface area contributed by atoms with E-state index in [1.54, 1.807) is 20.0 Å². The van der Waals surface area contributed by atoms with Crippen molar-refractivity contribution < 1.29 is 14.0 Å². The van der Waals surface area contributed by atoms with Crippen LogP contribution in [0.15, 0.2) is 27.7 Å². The lowest BCUT2D eigenvalue weighted by molar-refractivity contribution is -0.135. The Morgan fingerprint density at radius 1 is 1.56 bits per heavy atom. The van der Waals surface area contributed by atoms with Gasteiger partial charge in [0.05, 0.1) is 30.0 Å². The van der Waals surface area contributed by atoms with Crippen molar-refractivity contribution in [3.05, 3.63) is 28.5 Å². The minimum absolute atomic E-state index is 0.0808. The van der Waals surface area contributed by atoms with E-state index in [1.807, 2.05) is 6.07 Å². The summed E-state index contributed by atoms with van der Waals surface area (Å²) < 4.78 is 14.7. The molecule has 2 rings (SSSR count). The zero-order valence-corrected chi connectivity index (χ0v) is 15.5. The van der Waals surface area contributed by atoms with E-state index in [-0.39, 0.29) is 37.0 Å². The third kappa shape index (κ3) is 4.42. The molecular weight excluding hydrogens is 391 g/mol. The van der Waals surface area contributed by atoms with Gasteiger partial charge in [-0.2, -0.15) is 5.26 Å². The van der Waals surface area contributed by atoms with Crippen LogP contribution in [0.5, 0.6) is 0 Å². The van der Waals surface area contributed by atoms with Gasteiger partial charge in [0.25, 0.3) is 0 Å². The van der Waals surface area contributed by atoms with E-state index in [9.17, 15) is 14.0 Å². The molecule has 0 radical (unpaired) electrons. The SMILES string of the molecule is CC1C(=O)N(C)CC(C(=O)NCCC#N)C1=Nc1ccc(Br)cc1F. The fourth-order valence-electron chi connectivity index (χ4n) is 2.68. The first-order valence-electron chi connectivity index (χ1n) is 7.78. The van der Waals surface area contributed by atoms with E-state index >= 15 is 0 Å². The number of aliphatic imine (C=N–C) groups is 1. The number of hydrogen-bond donors (Lipinski definition) is 1. The van der Waals surface area contributed by atoms with Gasteiger partial charge in [0, 0.05) is 30.3 Å². The number of nitrogens with one attached hydrogen (secondary N) is 1. The van der Waals surface area contributed by atoms with Crippen LogP contribution in [-0.4, -0.2) is 42.6 Å². The van der Waals surface area contributed by atoms with Crippen LogP contribution < -0.4 is 5.32 Å². The largest absolute Gasteiger partial charge is 0.354 e. The normalized spacial score (nSPS) is 22.0. The van der Waals surface area contributed by atoms with Crippen LogP contribution >= 0.6 is 15.9 Å². The number of rotatable bonds is 4. The van der Waals surface area contributed by atoms with Crippen LogP contribution in [0.1, 0.15) is 13.3 Å². The summed E-state index contributed by atoms with van der Waals surface area (Å²) in [7, 11) is 1.62. The van der Waals surface area contributed by atoms with Gasteiger partial charge in [0.2, 0.25) is 11.8 Å². The Balaban J connectivity index is 2.37. The number of carbonyl (C=O) groups is 2. The molecule has 132 valence electrons. The molecular formula is C17H18BrFN4O2. The Kier molecular flexibility index (Phi) is 6.26. The summed E-state index contributed by atoms with van der Waals surface area (Å²) in [5, 5.41) is 11.3. The Bertz CT molecular complexity index is 760. The Hall–Kier alpha value is -2.27. The molecule has 1 aliphatic heterocycles. The van der Waals surface area contributed by atoms with Gasteiger partial charge in [-0.25, -0.2) is 4.39 Å². The number of carbonyl (C=O) groups excluding carboxylic acids is 2. The van der Waals surface area contributed by atoms with Crippen molar-refractivity contribution in [2.75, 3.05) is 20.1 Å². The van der Waals surface area contributed by atoms with E-state index in [4.69, 9.17) is 5.26 Å². The van der Waals surface area contributed by atoms with Gasteiger partial charge < -0.3 is 10.2 Å². The maximum Gasteiger partial charge on any atom is 0.230 e. The zero-order chi connectivity index (χ0) is 18.6. The fourth-order valence-corrected chi connectivity index (χ4v) is 3.02. The second-order valence-corrected chi connectivity index (χ2v) is 6.74. The molecule has 2 unspecified atom stereocenters.